The summed E-state index contributed by atoms with van der Waals surface area (Å²) >= 11 is 0. The standard InChI is InChI=1S/2C11H9N4.Fe/c2*1-3-7-12-10(5-1)9-14-15-11-6-2-4-8-13-11;/h2*1-9H;/q2*-1;+3. The second kappa shape index (κ2) is 14.1. The van der Waals surface area contributed by atoms with E-state index in [1.54, 1.807) is 49.3 Å². The van der Waals surface area contributed by atoms with Gasteiger partial charge in [-0.3, -0.25) is 20.2 Å². The van der Waals surface area contributed by atoms with Crippen LogP contribution in [0, 0.1) is 0 Å². The molecule has 0 fully saturated rings. The van der Waals surface area contributed by atoms with Gasteiger partial charge < -0.3 is 20.8 Å². The summed E-state index contributed by atoms with van der Waals surface area (Å²) in [5, 5.41) is 7.77. The SMILES string of the molecule is C(=N[N-]c1ccccn1)c1ccccn1.C(=N[N-]c1ccccn1)c1ccccn1.[Fe+3]. The van der Waals surface area contributed by atoms with Gasteiger partial charge in [0.1, 0.15) is 0 Å². The molecule has 0 atom stereocenters. The summed E-state index contributed by atoms with van der Waals surface area (Å²) < 4.78 is 0. The van der Waals surface area contributed by atoms with E-state index in [0.717, 1.165) is 11.4 Å². The fraction of sp³-hybridized carbons (Fsp3) is 0. The minimum absolute atomic E-state index is 0. The molecule has 4 heterocycles. The number of pyridine rings is 4. The number of nitrogens with zero attached hydrogens (tertiary/aromatic N) is 8. The van der Waals surface area contributed by atoms with E-state index in [-0.39, 0.29) is 17.1 Å². The molecule has 0 aliphatic heterocycles. The summed E-state index contributed by atoms with van der Waals surface area (Å²) in [5.41, 5.74) is 9.39. The normalized spacial score (nSPS) is 10.1. The fourth-order valence-corrected chi connectivity index (χ4v) is 2.02. The quantitative estimate of drug-likeness (QED) is 0.233. The predicted molar refractivity (Wildman–Crippen MR) is 118 cm³/mol. The number of hydrogen-bond donors (Lipinski definition) is 0. The second-order valence-electron chi connectivity index (χ2n) is 5.57. The zero-order chi connectivity index (χ0) is 20.7. The third kappa shape index (κ3) is 9.40. The molecule has 4 aromatic rings. The maximum absolute atomic E-state index is 4.08. The van der Waals surface area contributed by atoms with Crippen molar-refractivity contribution in [1.29, 1.82) is 0 Å². The van der Waals surface area contributed by atoms with Crippen molar-refractivity contribution in [3.05, 3.63) is 120 Å². The van der Waals surface area contributed by atoms with E-state index >= 15 is 0 Å². The molecule has 0 aromatic carbocycles. The van der Waals surface area contributed by atoms with E-state index in [9.17, 15) is 0 Å². The molecule has 0 saturated carbocycles. The van der Waals surface area contributed by atoms with Crippen LogP contribution < -0.4 is 0 Å². The van der Waals surface area contributed by atoms with Crippen LogP contribution in [0.25, 0.3) is 10.9 Å². The van der Waals surface area contributed by atoms with Crippen LogP contribution in [0.2, 0.25) is 0 Å². The average molecular weight is 450 g/mol. The molecule has 0 unspecified atom stereocenters. The summed E-state index contributed by atoms with van der Waals surface area (Å²) in [6.45, 7) is 0. The van der Waals surface area contributed by atoms with E-state index in [4.69, 9.17) is 0 Å². The summed E-state index contributed by atoms with van der Waals surface area (Å²) in [5.74, 6) is 1.18. The first-order valence-electron chi connectivity index (χ1n) is 9.02. The monoisotopic (exact) mass is 450 g/mol. The Balaban J connectivity index is 0.000000213. The molecule has 0 saturated heterocycles. The van der Waals surface area contributed by atoms with E-state index in [0.29, 0.717) is 11.6 Å². The van der Waals surface area contributed by atoms with Crippen molar-refractivity contribution < 1.29 is 17.1 Å². The summed E-state index contributed by atoms with van der Waals surface area (Å²) in [6, 6.07) is 22.2. The first kappa shape index (κ1) is 23.3. The number of hydrogen-bond acceptors (Lipinski definition) is 6. The molecule has 4 rings (SSSR count). The molecule has 0 aliphatic rings. The third-order valence-corrected chi connectivity index (χ3v) is 3.37. The van der Waals surface area contributed by atoms with Crippen LogP contribution in [0.4, 0.5) is 11.6 Å². The van der Waals surface area contributed by atoms with Gasteiger partial charge in [0.2, 0.25) is 0 Å². The molecular formula is C22H18FeN8+. The number of aromatic nitrogens is 4. The van der Waals surface area contributed by atoms with E-state index in [1.165, 1.54) is 0 Å². The van der Waals surface area contributed by atoms with Crippen LogP contribution >= 0.6 is 0 Å². The van der Waals surface area contributed by atoms with Crippen molar-refractivity contribution in [2.45, 2.75) is 0 Å². The van der Waals surface area contributed by atoms with Gasteiger partial charge in [-0.2, -0.15) is 0 Å². The summed E-state index contributed by atoms with van der Waals surface area (Å²) in [4.78, 5) is 16.2. The van der Waals surface area contributed by atoms with Crippen molar-refractivity contribution in [2.24, 2.45) is 10.2 Å². The van der Waals surface area contributed by atoms with Gasteiger partial charge in [0, 0.05) is 12.4 Å². The maximum Gasteiger partial charge on any atom is 3.00 e. The van der Waals surface area contributed by atoms with Crippen molar-refractivity contribution in [3.63, 3.8) is 0 Å². The minimum Gasteiger partial charge on any atom is -0.442 e. The van der Waals surface area contributed by atoms with Crippen molar-refractivity contribution in [3.8, 4) is 0 Å². The Bertz CT molecular complexity index is 943. The van der Waals surface area contributed by atoms with Gasteiger partial charge in [-0.05, 0) is 35.9 Å². The Kier molecular flexibility index (Phi) is 10.6. The van der Waals surface area contributed by atoms with E-state index in [1.807, 2.05) is 60.7 Å². The van der Waals surface area contributed by atoms with Crippen molar-refractivity contribution >= 4 is 24.1 Å². The molecule has 0 bridgehead atoms. The predicted octanol–water partition coefficient (Wildman–Crippen LogP) is 5.03. The molecule has 0 N–H and O–H groups in total. The zero-order valence-corrected chi connectivity index (χ0v) is 17.4. The topological polar surface area (TPSA) is 104 Å². The molecule has 0 amide bonds. The van der Waals surface area contributed by atoms with Crippen LogP contribution in [0.3, 0.4) is 0 Å². The first-order valence-corrected chi connectivity index (χ1v) is 9.02. The Morgan fingerprint density at radius 3 is 1.23 bits per heavy atom. The average Bonchev–Trinajstić information content (AvgIpc) is 2.82. The van der Waals surface area contributed by atoms with Gasteiger partial charge in [0.25, 0.3) is 0 Å². The van der Waals surface area contributed by atoms with Gasteiger partial charge in [-0.25, -0.2) is 0 Å². The van der Waals surface area contributed by atoms with Gasteiger partial charge >= 0.3 is 17.1 Å². The summed E-state index contributed by atoms with van der Waals surface area (Å²) in [7, 11) is 0. The molecule has 8 nitrogen and oxygen atoms in total. The van der Waals surface area contributed by atoms with Crippen LogP contribution in [-0.4, -0.2) is 32.4 Å². The van der Waals surface area contributed by atoms with Gasteiger partial charge in [-0.1, -0.05) is 60.9 Å². The fourth-order valence-electron chi connectivity index (χ4n) is 2.02. The van der Waals surface area contributed by atoms with Gasteiger partial charge in [0.05, 0.1) is 23.8 Å². The molecule has 0 aliphatic carbocycles. The van der Waals surface area contributed by atoms with Crippen LogP contribution in [-0.2, 0) is 17.1 Å². The Labute approximate surface area is 191 Å². The van der Waals surface area contributed by atoms with Crippen LogP contribution in [0.15, 0.2) is 108 Å². The molecule has 153 valence electrons. The Morgan fingerprint density at radius 1 is 0.516 bits per heavy atom. The molecule has 0 spiro atoms. The van der Waals surface area contributed by atoms with E-state index < -0.39 is 0 Å². The molecule has 1 radical (unpaired) electrons. The van der Waals surface area contributed by atoms with Crippen molar-refractivity contribution in [1.82, 2.24) is 19.9 Å². The third-order valence-electron chi connectivity index (χ3n) is 3.37. The van der Waals surface area contributed by atoms with Crippen LogP contribution in [0.5, 0.6) is 0 Å². The molecule has 9 heteroatoms. The smallest absolute Gasteiger partial charge is 0.442 e. The Morgan fingerprint density at radius 2 is 0.903 bits per heavy atom. The van der Waals surface area contributed by atoms with Gasteiger partial charge in [-0.15, -0.1) is 0 Å². The first-order chi connectivity index (χ1) is 14.9. The van der Waals surface area contributed by atoms with Gasteiger partial charge in [0.15, 0.2) is 0 Å². The second-order valence-corrected chi connectivity index (χ2v) is 5.57. The number of rotatable bonds is 6. The molecule has 31 heavy (non-hydrogen) atoms. The maximum atomic E-state index is 4.08. The molecular weight excluding hydrogens is 432 g/mol. The van der Waals surface area contributed by atoms with E-state index in [2.05, 4.69) is 41.0 Å². The largest absolute Gasteiger partial charge is 3.00 e. The van der Waals surface area contributed by atoms with Crippen LogP contribution in [0.1, 0.15) is 11.4 Å². The Hall–Kier alpha value is -3.94. The summed E-state index contributed by atoms with van der Waals surface area (Å²) in [6.07, 6.45) is 9.96. The zero-order valence-electron chi connectivity index (χ0n) is 16.3. The minimum atomic E-state index is 0. The van der Waals surface area contributed by atoms with Crippen molar-refractivity contribution in [2.75, 3.05) is 0 Å². The molecule has 4 aromatic heterocycles.